The van der Waals surface area contributed by atoms with E-state index in [1.807, 2.05) is 6.92 Å². The molecular weight excluding hydrogens is 369 g/mol. The lowest BCUT2D eigenvalue weighted by Crippen LogP contribution is -2.11. The van der Waals surface area contributed by atoms with Gasteiger partial charge in [-0.25, -0.2) is 9.18 Å². The molecule has 7 heteroatoms. The molecular formula is C20H16FNO4S. The van der Waals surface area contributed by atoms with Gasteiger partial charge in [-0.2, -0.15) is 0 Å². The van der Waals surface area contributed by atoms with Gasteiger partial charge in [-0.1, -0.05) is 12.1 Å². The van der Waals surface area contributed by atoms with Crippen LogP contribution in [0.25, 0.3) is 17.2 Å². The summed E-state index contributed by atoms with van der Waals surface area (Å²) in [5.41, 5.74) is 1.44. The average molecular weight is 385 g/mol. The van der Waals surface area contributed by atoms with Crippen LogP contribution in [0, 0.1) is 12.7 Å². The van der Waals surface area contributed by atoms with Gasteiger partial charge in [-0.3, -0.25) is 4.79 Å². The highest BCUT2D eigenvalue weighted by Crippen LogP contribution is 2.36. The second-order valence-corrected chi connectivity index (χ2v) is 6.50. The van der Waals surface area contributed by atoms with Crippen molar-refractivity contribution in [2.24, 2.45) is 0 Å². The second-order valence-electron chi connectivity index (χ2n) is 5.62. The highest BCUT2D eigenvalue weighted by Gasteiger charge is 2.22. The average Bonchev–Trinajstić information content (AvgIpc) is 3.26. The zero-order valence-corrected chi connectivity index (χ0v) is 15.4. The Kier molecular flexibility index (Phi) is 5.52. The van der Waals surface area contributed by atoms with E-state index in [0.717, 1.165) is 5.76 Å². The Labute approximate surface area is 159 Å². The Balaban J connectivity index is 1.86. The molecule has 2 heterocycles. The van der Waals surface area contributed by atoms with Crippen molar-refractivity contribution in [2.75, 3.05) is 12.4 Å². The van der Waals surface area contributed by atoms with E-state index in [2.05, 4.69) is 5.32 Å². The minimum Gasteiger partial charge on any atom is -0.465 e. The molecule has 0 atom stereocenters. The molecule has 0 spiro atoms. The number of benzene rings is 1. The molecule has 0 radical (unpaired) electrons. The molecule has 0 bridgehead atoms. The zero-order chi connectivity index (χ0) is 19.4. The third-order valence-electron chi connectivity index (χ3n) is 3.73. The molecule has 2 aromatic heterocycles. The van der Waals surface area contributed by atoms with Crippen LogP contribution in [0.15, 0.2) is 52.3 Å². The summed E-state index contributed by atoms with van der Waals surface area (Å²) in [5, 5.41) is 4.75. The molecule has 5 nitrogen and oxygen atoms in total. The SMILES string of the molecule is COC(=O)c1c(-c2ccc(F)cc2)csc1NC(=O)C=Cc1ccc(C)o1. The number of furan rings is 1. The number of carbonyl (C=O) groups excluding carboxylic acids is 2. The number of aryl methyl sites for hydroxylation is 1. The Morgan fingerprint density at radius 1 is 1.19 bits per heavy atom. The number of rotatable bonds is 5. The molecule has 0 saturated heterocycles. The van der Waals surface area contributed by atoms with Gasteiger partial charge in [0.1, 0.15) is 27.9 Å². The van der Waals surface area contributed by atoms with Gasteiger partial charge in [-0.15, -0.1) is 11.3 Å². The first kappa shape index (κ1) is 18.6. The van der Waals surface area contributed by atoms with Gasteiger partial charge in [0.2, 0.25) is 5.91 Å². The van der Waals surface area contributed by atoms with Crippen LogP contribution in [0.4, 0.5) is 9.39 Å². The Hall–Kier alpha value is -3.19. The van der Waals surface area contributed by atoms with Crippen molar-refractivity contribution >= 4 is 34.3 Å². The second kappa shape index (κ2) is 8.01. The summed E-state index contributed by atoms with van der Waals surface area (Å²) >= 11 is 1.19. The Bertz CT molecular complexity index is 1000. The summed E-state index contributed by atoms with van der Waals surface area (Å²) in [7, 11) is 1.26. The fraction of sp³-hybridized carbons (Fsp3) is 0.100. The number of thiophene rings is 1. The Morgan fingerprint density at radius 2 is 1.93 bits per heavy atom. The third kappa shape index (κ3) is 4.32. The molecule has 1 aromatic carbocycles. The maximum Gasteiger partial charge on any atom is 0.341 e. The van der Waals surface area contributed by atoms with Gasteiger partial charge < -0.3 is 14.5 Å². The fourth-order valence-corrected chi connectivity index (χ4v) is 3.41. The fourth-order valence-electron chi connectivity index (χ4n) is 2.45. The van der Waals surface area contributed by atoms with E-state index < -0.39 is 11.9 Å². The highest BCUT2D eigenvalue weighted by atomic mass is 32.1. The number of esters is 1. The summed E-state index contributed by atoms with van der Waals surface area (Å²) in [6, 6.07) is 9.28. The van der Waals surface area contributed by atoms with Crippen molar-refractivity contribution in [3.05, 3.63) is 70.8 Å². The van der Waals surface area contributed by atoms with Gasteiger partial charge in [0.15, 0.2) is 0 Å². The van der Waals surface area contributed by atoms with E-state index in [4.69, 9.17) is 9.15 Å². The Morgan fingerprint density at radius 3 is 2.56 bits per heavy atom. The van der Waals surface area contributed by atoms with Crippen LogP contribution >= 0.6 is 11.3 Å². The standard InChI is InChI=1S/C20H16FNO4S/c1-12-3-8-15(26-12)9-10-17(23)22-19-18(20(24)25-2)16(11-27-19)13-4-6-14(21)7-5-13/h3-11H,1-2H3,(H,22,23). The lowest BCUT2D eigenvalue weighted by Gasteiger charge is -2.06. The number of amides is 1. The smallest absolute Gasteiger partial charge is 0.341 e. The topological polar surface area (TPSA) is 68.5 Å². The minimum atomic E-state index is -0.587. The monoisotopic (exact) mass is 385 g/mol. The van der Waals surface area contributed by atoms with Gasteiger partial charge in [0.25, 0.3) is 0 Å². The summed E-state index contributed by atoms with van der Waals surface area (Å²) in [5.74, 6) is -0.0853. The molecule has 138 valence electrons. The molecule has 0 saturated carbocycles. The number of carbonyl (C=O) groups is 2. The van der Waals surface area contributed by atoms with Crippen molar-refractivity contribution < 1.29 is 23.1 Å². The molecule has 27 heavy (non-hydrogen) atoms. The highest BCUT2D eigenvalue weighted by molar-refractivity contribution is 7.15. The maximum absolute atomic E-state index is 13.2. The van der Waals surface area contributed by atoms with Gasteiger partial charge in [0, 0.05) is 17.0 Å². The van der Waals surface area contributed by atoms with Crippen LogP contribution in [0.5, 0.6) is 0 Å². The van der Waals surface area contributed by atoms with E-state index in [9.17, 15) is 14.0 Å². The van der Waals surface area contributed by atoms with Crippen LogP contribution in [0.2, 0.25) is 0 Å². The molecule has 1 amide bonds. The summed E-state index contributed by atoms with van der Waals surface area (Å²) in [6.45, 7) is 1.81. The summed E-state index contributed by atoms with van der Waals surface area (Å²) < 4.78 is 23.4. The molecule has 0 aliphatic heterocycles. The van der Waals surface area contributed by atoms with Crippen LogP contribution in [0.3, 0.4) is 0 Å². The first-order chi connectivity index (χ1) is 13.0. The van der Waals surface area contributed by atoms with Crippen molar-refractivity contribution in [3.8, 4) is 11.1 Å². The lowest BCUT2D eigenvalue weighted by molar-refractivity contribution is -0.111. The number of anilines is 1. The first-order valence-electron chi connectivity index (χ1n) is 7.99. The molecule has 0 unspecified atom stereocenters. The van der Waals surface area contributed by atoms with Gasteiger partial charge in [-0.05, 0) is 42.8 Å². The minimum absolute atomic E-state index is 0.227. The number of hydrogen-bond acceptors (Lipinski definition) is 5. The number of methoxy groups -OCH3 is 1. The molecule has 3 aromatic rings. The largest absolute Gasteiger partial charge is 0.465 e. The molecule has 3 rings (SSSR count). The van der Waals surface area contributed by atoms with E-state index in [1.165, 1.54) is 42.7 Å². The van der Waals surface area contributed by atoms with Crippen LogP contribution < -0.4 is 5.32 Å². The number of nitrogens with one attached hydrogen (secondary N) is 1. The van der Waals surface area contributed by atoms with E-state index in [1.54, 1.807) is 29.6 Å². The lowest BCUT2D eigenvalue weighted by atomic mass is 10.0. The summed E-state index contributed by atoms with van der Waals surface area (Å²) in [4.78, 5) is 24.5. The maximum atomic E-state index is 13.2. The zero-order valence-electron chi connectivity index (χ0n) is 14.6. The van der Waals surface area contributed by atoms with Crippen LogP contribution in [0.1, 0.15) is 21.9 Å². The van der Waals surface area contributed by atoms with Crippen molar-refractivity contribution in [2.45, 2.75) is 6.92 Å². The quantitative estimate of drug-likeness (QED) is 0.501. The van der Waals surface area contributed by atoms with E-state index in [-0.39, 0.29) is 11.4 Å². The van der Waals surface area contributed by atoms with E-state index in [0.29, 0.717) is 21.9 Å². The van der Waals surface area contributed by atoms with Crippen molar-refractivity contribution in [3.63, 3.8) is 0 Å². The van der Waals surface area contributed by atoms with Gasteiger partial charge in [0.05, 0.1) is 7.11 Å². The van der Waals surface area contributed by atoms with E-state index >= 15 is 0 Å². The predicted molar refractivity (Wildman–Crippen MR) is 102 cm³/mol. The molecule has 0 aliphatic carbocycles. The number of halogens is 1. The van der Waals surface area contributed by atoms with Crippen molar-refractivity contribution in [1.29, 1.82) is 0 Å². The van der Waals surface area contributed by atoms with Gasteiger partial charge >= 0.3 is 5.97 Å². The normalized spacial score (nSPS) is 10.9. The number of ether oxygens (including phenoxy) is 1. The third-order valence-corrected chi connectivity index (χ3v) is 4.63. The number of hydrogen-bond donors (Lipinski definition) is 1. The molecule has 1 N–H and O–H groups in total. The first-order valence-corrected chi connectivity index (χ1v) is 8.87. The summed E-state index contributed by atoms with van der Waals surface area (Å²) in [6.07, 6.45) is 2.85. The van der Waals surface area contributed by atoms with Crippen LogP contribution in [-0.2, 0) is 9.53 Å². The van der Waals surface area contributed by atoms with Crippen LogP contribution in [-0.4, -0.2) is 19.0 Å². The molecule has 0 fully saturated rings. The van der Waals surface area contributed by atoms with Crippen molar-refractivity contribution in [1.82, 2.24) is 0 Å². The predicted octanol–water partition coefficient (Wildman–Crippen LogP) is 4.89. The molecule has 0 aliphatic rings.